The van der Waals surface area contributed by atoms with Crippen LogP contribution in [0.1, 0.15) is 47.9 Å². The highest BCUT2D eigenvalue weighted by Gasteiger charge is 2.61. The van der Waals surface area contributed by atoms with Gasteiger partial charge in [0.2, 0.25) is 0 Å². The van der Waals surface area contributed by atoms with Crippen LogP contribution in [0.15, 0.2) is 45.6 Å². The number of nitrogens with zero attached hydrogens (tertiary/aromatic N) is 2. The third kappa shape index (κ3) is 3.11. The van der Waals surface area contributed by atoms with Crippen molar-refractivity contribution in [3.05, 3.63) is 57.1 Å². The Morgan fingerprint density at radius 1 is 1.18 bits per heavy atom. The Morgan fingerprint density at radius 2 is 1.85 bits per heavy atom. The molecule has 1 aromatic carbocycles. The molecular formula is C23H21N2O9-. The molecule has 0 amide bonds. The first kappa shape index (κ1) is 23.5. The lowest BCUT2D eigenvalue weighted by atomic mass is 9.73. The molecule has 0 fully saturated rings. The van der Waals surface area contributed by atoms with E-state index in [-0.39, 0.29) is 39.8 Å². The molecular weight excluding hydrogens is 448 g/mol. The standard InChI is InChI=1S/C23H21N2O9/c1-4-11(28)34-21-16-14(20(31)22(23(21,3)32)33-8(2)26)13-15(17(16)25-24)19(30)12-9(18(13)29)6-5-7-10(12)27/h5-7,17,20-22,27,31-32H,4H2,1-3H3/q-1. The van der Waals surface area contributed by atoms with E-state index in [0.717, 1.165) is 13.8 Å². The van der Waals surface area contributed by atoms with E-state index in [1.54, 1.807) is 0 Å². The van der Waals surface area contributed by atoms with Crippen LogP contribution in [0.25, 0.3) is 5.53 Å². The van der Waals surface area contributed by atoms with E-state index in [1.165, 1.54) is 25.1 Å². The topological polar surface area (TPSA) is 182 Å². The summed E-state index contributed by atoms with van der Waals surface area (Å²) in [4.78, 5) is 50.8. The van der Waals surface area contributed by atoms with Crippen molar-refractivity contribution in [1.29, 1.82) is 0 Å². The monoisotopic (exact) mass is 469 g/mol. The third-order valence-electron chi connectivity index (χ3n) is 6.32. The molecule has 5 atom stereocenters. The Labute approximate surface area is 193 Å². The maximum absolute atomic E-state index is 13.5. The van der Waals surface area contributed by atoms with Gasteiger partial charge in [-0.25, -0.2) is 0 Å². The van der Waals surface area contributed by atoms with Crippen molar-refractivity contribution in [2.45, 2.75) is 57.1 Å². The van der Waals surface area contributed by atoms with Gasteiger partial charge in [0.1, 0.15) is 17.5 Å². The van der Waals surface area contributed by atoms with E-state index in [0.29, 0.717) is 0 Å². The van der Waals surface area contributed by atoms with E-state index in [1.807, 2.05) is 0 Å². The number of rotatable bonds is 4. The fraction of sp³-hybridized carbons (Fsp3) is 0.391. The first-order valence-corrected chi connectivity index (χ1v) is 10.5. The molecule has 11 heteroatoms. The number of carbonyl (C=O) groups is 4. The van der Waals surface area contributed by atoms with Crippen molar-refractivity contribution >= 4 is 23.5 Å². The van der Waals surface area contributed by atoms with E-state index >= 15 is 0 Å². The molecule has 1 aromatic rings. The Morgan fingerprint density at radius 3 is 2.44 bits per heavy atom. The maximum atomic E-state index is 13.5. The first-order chi connectivity index (χ1) is 16.0. The van der Waals surface area contributed by atoms with Crippen LogP contribution in [-0.4, -0.2) is 68.8 Å². The van der Waals surface area contributed by atoms with Crippen LogP contribution in [0.3, 0.4) is 0 Å². The normalized spacial score (nSPS) is 29.9. The molecule has 5 unspecified atom stereocenters. The second kappa shape index (κ2) is 7.96. The van der Waals surface area contributed by atoms with Crippen LogP contribution in [0.4, 0.5) is 0 Å². The highest BCUT2D eigenvalue weighted by atomic mass is 16.6. The van der Waals surface area contributed by atoms with Gasteiger partial charge in [-0.05, 0) is 13.0 Å². The number of carbonyl (C=O) groups excluding carboxylic acids is 4. The fourth-order valence-corrected chi connectivity index (χ4v) is 4.87. The van der Waals surface area contributed by atoms with Crippen LogP contribution in [-0.2, 0) is 19.1 Å². The number of phenols is 1. The number of hydrogen-bond acceptors (Lipinski definition) is 10. The zero-order chi connectivity index (χ0) is 25.1. The quantitative estimate of drug-likeness (QED) is 0.430. The molecule has 0 spiro atoms. The van der Waals surface area contributed by atoms with Gasteiger partial charge in [0.15, 0.2) is 23.8 Å². The highest BCUT2D eigenvalue weighted by molar-refractivity contribution is 6.31. The maximum Gasteiger partial charge on any atom is 0.306 e. The third-order valence-corrected chi connectivity index (χ3v) is 6.32. The van der Waals surface area contributed by atoms with Crippen molar-refractivity contribution < 1.29 is 44.0 Å². The number of phenolic OH excluding ortho intramolecular Hbond substituents is 1. The summed E-state index contributed by atoms with van der Waals surface area (Å²) in [5, 5.41) is 36.0. The van der Waals surface area contributed by atoms with Crippen molar-refractivity contribution in [2.24, 2.45) is 5.11 Å². The fourth-order valence-electron chi connectivity index (χ4n) is 4.87. The predicted molar refractivity (Wildman–Crippen MR) is 113 cm³/mol. The minimum atomic E-state index is -2.23. The zero-order valence-corrected chi connectivity index (χ0v) is 18.4. The summed E-state index contributed by atoms with van der Waals surface area (Å²) in [6.07, 6.45) is -5.29. The lowest BCUT2D eigenvalue weighted by molar-refractivity contribution is -0.202. The Balaban J connectivity index is 2.00. The number of aromatic hydroxyl groups is 1. The molecule has 4 rings (SSSR count). The number of hydrogen-bond donors (Lipinski definition) is 3. The van der Waals surface area contributed by atoms with Crippen LogP contribution >= 0.6 is 0 Å². The SMILES string of the molecule is CCC(=O)OC1C2=C(C3=C(C(=O)c4c(O)cccc4C3=O)C2N=[N-])C(O)C(OC(C)=O)C1(C)O. The second-order valence-electron chi connectivity index (χ2n) is 8.46. The molecule has 34 heavy (non-hydrogen) atoms. The molecule has 0 aliphatic heterocycles. The molecule has 178 valence electrons. The van der Waals surface area contributed by atoms with Crippen LogP contribution in [0, 0.1) is 0 Å². The number of ketones is 2. The van der Waals surface area contributed by atoms with Crippen molar-refractivity contribution in [3.63, 3.8) is 0 Å². The molecule has 3 aliphatic rings. The van der Waals surface area contributed by atoms with Crippen molar-refractivity contribution in [2.75, 3.05) is 0 Å². The van der Waals surface area contributed by atoms with E-state index in [4.69, 9.17) is 9.47 Å². The van der Waals surface area contributed by atoms with Gasteiger partial charge in [0.25, 0.3) is 0 Å². The van der Waals surface area contributed by atoms with Crippen LogP contribution in [0.5, 0.6) is 5.75 Å². The van der Waals surface area contributed by atoms with E-state index in [2.05, 4.69) is 5.11 Å². The molecule has 11 nitrogen and oxygen atoms in total. The van der Waals surface area contributed by atoms with E-state index in [9.17, 15) is 40.0 Å². The zero-order valence-electron chi connectivity index (χ0n) is 18.4. The predicted octanol–water partition coefficient (Wildman–Crippen LogP) is 1.15. The minimum Gasteiger partial charge on any atom is -0.711 e. The summed E-state index contributed by atoms with van der Waals surface area (Å²) in [5.74, 6) is -3.72. The average Bonchev–Trinajstić information content (AvgIpc) is 3.13. The Bertz CT molecular complexity index is 1230. The molecule has 0 aromatic heterocycles. The van der Waals surface area contributed by atoms with Gasteiger partial charge in [-0.3, -0.25) is 19.2 Å². The van der Waals surface area contributed by atoms with Gasteiger partial charge in [-0.15, -0.1) is 0 Å². The largest absolute Gasteiger partial charge is 0.711 e. The number of esters is 2. The molecule has 0 saturated heterocycles. The molecule has 0 saturated carbocycles. The van der Waals surface area contributed by atoms with Gasteiger partial charge < -0.3 is 35.4 Å². The summed E-state index contributed by atoms with van der Waals surface area (Å²) in [6, 6.07) is 2.29. The van der Waals surface area contributed by atoms with E-state index < -0.39 is 59.2 Å². The highest BCUT2D eigenvalue weighted by Crippen LogP contribution is 2.51. The number of ether oxygens (including phenoxy) is 2. The summed E-state index contributed by atoms with van der Waals surface area (Å²) >= 11 is 0. The van der Waals surface area contributed by atoms with Crippen molar-refractivity contribution in [3.8, 4) is 5.75 Å². The number of Topliss-reactive ketones (excluding diaryl/α,β-unsaturated/α-hetero) is 2. The van der Waals surface area contributed by atoms with Crippen molar-refractivity contribution in [1.82, 2.24) is 0 Å². The summed E-state index contributed by atoms with van der Waals surface area (Å²) < 4.78 is 10.6. The Hall–Kier alpha value is -3.70. The molecule has 0 radical (unpaired) electrons. The summed E-state index contributed by atoms with van der Waals surface area (Å²) in [5.41, 5.74) is 6.09. The van der Waals surface area contributed by atoms with Gasteiger partial charge in [-0.2, -0.15) is 0 Å². The number of aliphatic hydroxyl groups excluding tert-OH is 1. The van der Waals surface area contributed by atoms with Crippen LogP contribution < -0.4 is 0 Å². The first-order valence-electron chi connectivity index (χ1n) is 10.5. The number of fused-ring (bicyclic) bond motifs is 2. The molecule has 0 bridgehead atoms. The smallest absolute Gasteiger partial charge is 0.306 e. The minimum absolute atomic E-state index is 0.110. The Kier molecular flexibility index (Phi) is 5.49. The number of aliphatic hydroxyl groups is 2. The van der Waals surface area contributed by atoms with Gasteiger partial charge >= 0.3 is 11.9 Å². The molecule has 3 aliphatic carbocycles. The van der Waals surface area contributed by atoms with Gasteiger partial charge in [0, 0.05) is 41.2 Å². The van der Waals surface area contributed by atoms with Gasteiger partial charge in [0.05, 0.1) is 11.6 Å². The molecule has 0 heterocycles. The second-order valence-corrected chi connectivity index (χ2v) is 8.46. The lowest BCUT2D eigenvalue weighted by Crippen LogP contribution is -2.62. The van der Waals surface area contributed by atoms with Crippen LogP contribution in [0.2, 0.25) is 0 Å². The number of benzene rings is 1. The summed E-state index contributed by atoms with van der Waals surface area (Å²) in [7, 11) is 0. The van der Waals surface area contributed by atoms with Gasteiger partial charge in [-0.1, -0.05) is 19.1 Å². The average molecular weight is 469 g/mol. The molecule has 3 N–H and O–H groups in total. The lowest BCUT2D eigenvalue weighted by Gasteiger charge is -2.46. The summed E-state index contributed by atoms with van der Waals surface area (Å²) in [6.45, 7) is 3.68.